The molecule has 2 heterocycles. The van der Waals surface area contributed by atoms with Gasteiger partial charge in [0.25, 0.3) is 0 Å². The molecule has 9 heteroatoms. The van der Waals surface area contributed by atoms with Gasteiger partial charge in [-0.25, -0.2) is 9.59 Å². The number of ether oxygens (including phenoxy) is 5. The second-order valence-corrected chi connectivity index (χ2v) is 15.8. The number of hydrogen-bond acceptors (Lipinski definition) is 7. The zero-order valence-corrected chi connectivity index (χ0v) is 29.0. The standard InChI is InChI=1S/C37H46Cl2O7/c1-24-6-15-29-34(4)22-44-33(2,3)45-30(34)16-17-35(29,5)37(24)19-18-36(46-37,23-43-32(41)26-9-13-28(39)14-10-26)20-21-42-31(40)25-7-11-27(38)12-8-25/h7-14,24,29-30H,6,15-23H2,1-5H3/t24-,29+,30+,34+,35+,36+,37+/m1/s1. The van der Waals surface area contributed by atoms with Crippen LogP contribution in [0, 0.1) is 22.7 Å². The van der Waals surface area contributed by atoms with Gasteiger partial charge in [0, 0.05) is 27.3 Å². The molecule has 2 aliphatic carbocycles. The smallest absolute Gasteiger partial charge is 0.338 e. The number of carbonyl (C=O) groups is 2. The predicted molar refractivity (Wildman–Crippen MR) is 176 cm³/mol. The highest BCUT2D eigenvalue weighted by atomic mass is 35.5. The third-order valence-corrected chi connectivity index (χ3v) is 12.3. The van der Waals surface area contributed by atoms with Crippen molar-refractivity contribution in [1.82, 2.24) is 0 Å². The Morgan fingerprint density at radius 1 is 0.826 bits per heavy atom. The first-order valence-corrected chi connectivity index (χ1v) is 17.3. The maximum atomic E-state index is 13.2. The zero-order chi connectivity index (χ0) is 33.0. The van der Waals surface area contributed by atoms with Crippen molar-refractivity contribution in [2.75, 3.05) is 19.8 Å². The fraction of sp³-hybridized carbons (Fsp3) is 0.622. The Labute approximate surface area is 282 Å². The molecule has 0 bridgehead atoms. The van der Waals surface area contributed by atoms with Crippen molar-refractivity contribution in [2.24, 2.45) is 22.7 Å². The number of halogens is 2. The van der Waals surface area contributed by atoms with Gasteiger partial charge in [-0.2, -0.15) is 0 Å². The normalized spacial score (nSPS) is 36.5. The van der Waals surface area contributed by atoms with Crippen molar-refractivity contribution in [3.63, 3.8) is 0 Å². The van der Waals surface area contributed by atoms with Crippen LogP contribution in [0.15, 0.2) is 48.5 Å². The first-order chi connectivity index (χ1) is 21.7. The fourth-order valence-electron chi connectivity index (χ4n) is 9.21. The van der Waals surface area contributed by atoms with Gasteiger partial charge in [-0.05, 0) is 113 Å². The van der Waals surface area contributed by atoms with Gasteiger partial charge in [0.1, 0.15) is 12.2 Å². The summed E-state index contributed by atoms with van der Waals surface area (Å²) in [6, 6.07) is 13.3. The van der Waals surface area contributed by atoms with E-state index in [0.29, 0.717) is 52.5 Å². The van der Waals surface area contributed by atoms with Gasteiger partial charge in [-0.3, -0.25) is 0 Å². The summed E-state index contributed by atoms with van der Waals surface area (Å²) < 4.78 is 32.0. The van der Waals surface area contributed by atoms with Crippen molar-refractivity contribution >= 4 is 35.1 Å². The van der Waals surface area contributed by atoms with Crippen LogP contribution in [0.5, 0.6) is 0 Å². The van der Waals surface area contributed by atoms with E-state index in [0.717, 1.165) is 32.1 Å². The number of esters is 2. The molecule has 2 saturated carbocycles. The molecule has 2 aromatic carbocycles. The monoisotopic (exact) mass is 672 g/mol. The van der Waals surface area contributed by atoms with E-state index in [1.807, 2.05) is 13.8 Å². The topological polar surface area (TPSA) is 80.3 Å². The summed E-state index contributed by atoms with van der Waals surface area (Å²) in [7, 11) is 0. The van der Waals surface area contributed by atoms with Crippen LogP contribution in [0.3, 0.4) is 0 Å². The molecule has 2 aliphatic heterocycles. The third-order valence-electron chi connectivity index (χ3n) is 11.8. The van der Waals surface area contributed by atoms with E-state index in [4.69, 9.17) is 46.9 Å². The van der Waals surface area contributed by atoms with Gasteiger partial charge in [0.2, 0.25) is 0 Å². The van der Waals surface area contributed by atoms with E-state index in [1.54, 1.807) is 48.5 Å². The SMILES string of the molecule is C[C@@H]1CC[C@H]2[C@]3(C)COC(C)(C)O[C@H]3CC[C@]2(C)[C@]12CC[C@](CCOC(=O)c1ccc(Cl)cc1)(COC(=O)c1ccc(Cl)cc1)O2. The molecule has 4 fully saturated rings. The molecule has 0 amide bonds. The van der Waals surface area contributed by atoms with E-state index in [2.05, 4.69) is 20.8 Å². The maximum Gasteiger partial charge on any atom is 0.338 e. The summed E-state index contributed by atoms with van der Waals surface area (Å²) in [5.41, 5.74) is -0.695. The van der Waals surface area contributed by atoms with Crippen LogP contribution in [0.2, 0.25) is 10.0 Å². The molecular weight excluding hydrogens is 627 g/mol. The summed E-state index contributed by atoms with van der Waals surface area (Å²) >= 11 is 12.1. The highest BCUT2D eigenvalue weighted by Gasteiger charge is 2.70. The first-order valence-electron chi connectivity index (χ1n) is 16.6. The maximum absolute atomic E-state index is 13.2. The number of fused-ring (bicyclic) bond motifs is 4. The molecular formula is C37H46Cl2O7. The molecule has 7 nitrogen and oxygen atoms in total. The molecule has 1 spiro atoms. The van der Waals surface area contributed by atoms with Crippen molar-refractivity contribution < 1.29 is 33.3 Å². The Morgan fingerprint density at radius 3 is 2.07 bits per heavy atom. The van der Waals surface area contributed by atoms with Crippen molar-refractivity contribution in [3.05, 3.63) is 69.7 Å². The second-order valence-electron chi connectivity index (χ2n) is 14.9. The lowest BCUT2D eigenvalue weighted by Crippen LogP contribution is -2.69. The lowest BCUT2D eigenvalue weighted by Gasteiger charge is -2.67. The molecule has 46 heavy (non-hydrogen) atoms. The largest absolute Gasteiger partial charge is 0.462 e. The molecule has 6 rings (SSSR count). The highest BCUT2D eigenvalue weighted by Crippen LogP contribution is 2.69. The molecule has 4 aliphatic rings. The summed E-state index contributed by atoms with van der Waals surface area (Å²) in [4.78, 5) is 26.1. The Morgan fingerprint density at radius 2 is 1.43 bits per heavy atom. The Bertz CT molecular complexity index is 1440. The van der Waals surface area contributed by atoms with Gasteiger partial charge in [0.15, 0.2) is 5.79 Å². The van der Waals surface area contributed by atoms with Crippen LogP contribution in [0.4, 0.5) is 0 Å². The molecule has 2 saturated heterocycles. The minimum atomic E-state index is -0.819. The number of benzene rings is 2. The van der Waals surface area contributed by atoms with Crippen molar-refractivity contribution in [2.45, 2.75) is 103 Å². The van der Waals surface area contributed by atoms with Crippen molar-refractivity contribution in [3.8, 4) is 0 Å². The molecule has 0 aromatic heterocycles. The molecule has 250 valence electrons. The van der Waals surface area contributed by atoms with Gasteiger partial charge >= 0.3 is 11.9 Å². The molecule has 0 unspecified atom stereocenters. The minimum Gasteiger partial charge on any atom is -0.462 e. The summed E-state index contributed by atoms with van der Waals surface area (Å²) in [6.07, 6.45) is 6.06. The van der Waals surface area contributed by atoms with Gasteiger partial charge in [-0.15, -0.1) is 0 Å². The summed E-state index contributed by atoms with van der Waals surface area (Å²) in [5.74, 6) is -0.829. The number of carbonyl (C=O) groups excluding carboxylic acids is 2. The van der Waals surface area contributed by atoms with E-state index in [9.17, 15) is 9.59 Å². The van der Waals surface area contributed by atoms with Crippen LogP contribution < -0.4 is 0 Å². The van der Waals surface area contributed by atoms with Crippen LogP contribution >= 0.6 is 23.2 Å². The van der Waals surface area contributed by atoms with Gasteiger partial charge < -0.3 is 23.7 Å². The Kier molecular flexibility index (Phi) is 9.08. The van der Waals surface area contributed by atoms with Gasteiger partial charge in [-0.1, -0.05) is 44.0 Å². The van der Waals surface area contributed by atoms with Crippen LogP contribution in [-0.4, -0.2) is 54.9 Å². The molecule has 2 aromatic rings. The second kappa shape index (κ2) is 12.4. The quantitative estimate of drug-likeness (QED) is 0.272. The molecule has 0 N–H and O–H groups in total. The van der Waals surface area contributed by atoms with Gasteiger partial charge in [0.05, 0.1) is 36.0 Å². The third kappa shape index (κ3) is 6.00. The van der Waals surface area contributed by atoms with Crippen LogP contribution in [-0.2, 0) is 23.7 Å². The van der Waals surface area contributed by atoms with E-state index >= 15 is 0 Å². The van der Waals surface area contributed by atoms with Crippen molar-refractivity contribution in [1.29, 1.82) is 0 Å². The zero-order valence-electron chi connectivity index (χ0n) is 27.5. The van der Waals surface area contributed by atoms with Crippen LogP contribution in [0.25, 0.3) is 0 Å². The lowest BCUT2D eigenvalue weighted by molar-refractivity contribution is -0.359. The molecule has 0 radical (unpaired) electrons. The van der Waals surface area contributed by atoms with E-state index in [-0.39, 0.29) is 30.1 Å². The van der Waals surface area contributed by atoms with E-state index < -0.39 is 28.9 Å². The Balaban J connectivity index is 1.25. The minimum absolute atomic E-state index is 0.0580. The highest BCUT2D eigenvalue weighted by molar-refractivity contribution is 6.31. The Hall–Kier alpha value is -2.16. The average molecular weight is 674 g/mol. The fourth-order valence-corrected chi connectivity index (χ4v) is 9.47. The average Bonchev–Trinajstić information content (AvgIpc) is 3.41. The first kappa shape index (κ1) is 33.7. The molecule has 7 atom stereocenters. The number of rotatable bonds is 7. The van der Waals surface area contributed by atoms with E-state index in [1.165, 1.54) is 0 Å². The van der Waals surface area contributed by atoms with Crippen LogP contribution in [0.1, 0.15) is 100 Å². The lowest BCUT2D eigenvalue weighted by atomic mass is 9.43. The predicted octanol–water partition coefficient (Wildman–Crippen LogP) is 8.69. The summed E-state index contributed by atoms with van der Waals surface area (Å²) in [5, 5.41) is 1.10. The summed E-state index contributed by atoms with van der Waals surface area (Å²) in [6.45, 7) is 11.9. The number of hydrogen-bond donors (Lipinski definition) is 0.